The van der Waals surface area contributed by atoms with Crippen molar-refractivity contribution >= 4 is 27.5 Å². The van der Waals surface area contributed by atoms with Crippen LogP contribution in [0.5, 0.6) is 0 Å². The van der Waals surface area contributed by atoms with E-state index in [0.29, 0.717) is 0 Å². The first kappa shape index (κ1) is 14.6. The Morgan fingerprint density at radius 2 is 1.53 bits per heavy atom. The molecule has 1 N–H and O–H groups in total. The Balaban J connectivity index is 2.29. The summed E-state index contributed by atoms with van der Waals surface area (Å²) in [4.78, 5) is 0. The third-order valence-electron chi connectivity index (χ3n) is 3.01. The summed E-state index contributed by atoms with van der Waals surface area (Å²) >= 11 is 9.44. The van der Waals surface area contributed by atoms with Gasteiger partial charge in [0.15, 0.2) is 0 Å². The molecule has 0 aliphatic heterocycles. The number of halogens is 2. The second kappa shape index (κ2) is 7.09. The molecule has 19 heavy (non-hydrogen) atoms. The Hall–Kier alpha value is -0.830. The van der Waals surface area contributed by atoms with Crippen molar-refractivity contribution in [2.24, 2.45) is 0 Å². The average molecular weight is 339 g/mol. The van der Waals surface area contributed by atoms with E-state index in [-0.39, 0.29) is 6.04 Å². The molecule has 0 spiro atoms. The van der Waals surface area contributed by atoms with E-state index >= 15 is 0 Å². The summed E-state index contributed by atoms with van der Waals surface area (Å²) in [5.41, 5.74) is 2.50. The normalized spacial score (nSPS) is 12.4. The van der Waals surface area contributed by atoms with Crippen LogP contribution in [0.2, 0.25) is 5.02 Å². The van der Waals surface area contributed by atoms with Gasteiger partial charge in [-0.1, -0.05) is 58.7 Å². The Bertz CT molecular complexity index is 462. The van der Waals surface area contributed by atoms with Gasteiger partial charge in [0.2, 0.25) is 0 Å². The van der Waals surface area contributed by atoms with Crippen molar-refractivity contribution in [3.8, 4) is 0 Å². The van der Waals surface area contributed by atoms with Gasteiger partial charge in [0.05, 0.1) is 6.04 Å². The minimum Gasteiger partial charge on any atom is -0.306 e. The number of hydrogen-bond acceptors (Lipinski definition) is 1. The van der Waals surface area contributed by atoms with Gasteiger partial charge in [0.25, 0.3) is 0 Å². The molecule has 1 nitrogen and oxygen atoms in total. The first-order valence-electron chi connectivity index (χ1n) is 6.45. The number of hydrogen-bond donors (Lipinski definition) is 1. The van der Waals surface area contributed by atoms with E-state index < -0.39 is 0 Å². The molecule has 1 unspecified atom stereocenters. The third kappa shape index (κ3) is 4.07. The molecule has 0 fully saturated rings. The van der Waals surface area contributed by atoms with Crippen molar-refractivity contribution in [1.29, 1.82) is 0 Å². The van der Waals surface area contributed by atoms with E-state index in [1.807, 2.05) is 12.1 Å². The van der Waals surface area contributed by atoms with Gasteiger partial charge in [-0.15, -0.1) is 0 Å². The van der Waals surface area contributed by atoms with E-state index in [1.165, 1.54) is 11.1 Å². The summed E-state index contributed by atoms with van der Waals surface area (Å²) < 4.78 is 1.10. The quantitative estimate of drug-likeness (QED) is 0.791. The zero-order chi connectivity index (χ0) is 13.7. The smallest absolute Gasteiger partial charge is 0.0576 e. The molecule has 0 aliphatic carbocycles. The summed E-state index contributed by atoms with van der Waals surface area (Å²) in [6.45, 7) is 3.16. The summed E-state index contributed by atoms with van der Waals surface area (Å²) in [5.74, 6) is 0. The lowest BCUT2D eigenvalue weighted by Gasteiger charge is -2.19. The van der Waals surface area contributed by atoms with Crippen molar-refractivity contribution in [3.63, 3.8) is 0 Å². The third-order valence-corrected chi connectivity index (χ3v) is 3.79. The molecule has 0 aromatic heterocycles. The van der Waals surface area contributed by atoms with E-state index in [4.69, 9.17) is 11.6 Å². The topological polar surface area (TPSA) is 12.0 Å². The zero-order valence-corrected chi connectivity index (χ0v) is 13.2. The van der Waals surface area contributed by atoms with Gasteiger partial charge in [0.1, 0.15) is 0 Å². The molecule has 0 radical (unpaired) electrons. The maximum absolute atomic E-state index is 5.96. The SMILES string of the molecule is CCCNC(c1ccc(Cl)cc1)c1ccc(Br)cc1. The first-order chi connectivity index (χ1) is 9.20. The molecule has 0 saturated carbocycles. The van der Waals surface area contributed by atoms with Crippen LogP contribution in [0.25, 0.3) is 0 Å². The van der Waals surface area contributed by atoms with Gasteiger partial charge in [-0.05, 0) is 48.4 Å². The fourth-order valence-electron chi connectivity index (χ4n) is 2.03. The van der Waals surface area contributed by atoms with Gasteiger partial charge in [-0.25, -0.2) is 0 Å². The fourth-order valence-corrected chi connectivity index (χ4v) is 2.42. The Morgan fingerprint density at radius 3 is 2.05 bits per heavy atom. The average Bonchev–Trinajstić information content (AvgIpc) is 2.43. The highest BCUT2D eigenvalue weighted by atomic mass is 79.9. The highest BCUT2D eigenvalue weighted by Crippen LogP contribution is 2.25. The molecule has 2 aromatic rings. The van der Waals surface area contributed by atoms with Gasteiger partial charge < -0.3 is 5.32 Å². The van der Waals surface area contributed by atoms with Crippen LogP contribution in [0.4, 0.5) is 0 Å². The second-order valence-electron chi connectivity index (χ2n) is 4.49. The van der Waals surface area contributed by atoms with Crippen LogP contribution in [-0.4, -0.2) is 6.54 Å². The van der Waals surface area contributed by atoms with E-state index in [9.17, 15) is 0 Å². The molecule has 3 heteroatoms. The van der Waals surface area contributed by atoms with Crippen LogP contribution in [0.3, 0.4) is 0 Å². The van der Waals surface area contributed by atoms with Crippen LogP contribution in [0, 0.1) is 0 Å². The monoisotopic (exact) mass is 337 g/mol. The van der Waals surface area contributed by atoms with Gasteiger partial charge >= 0.3 is 0 Å². The minimum atomic E-state index is 0.213. The molecular weight excluding hydrogens is 322 g/mol. The minimum absolute atomic E-state index is 0.213. The predicted molar refractivity (Wildman–Crippen MR) is 85.7 cm³/mol. The van der Waals surface area contributed by atoms with Crippen molar-refractivity contribution in [2.75, 3.05) is 6.54 Å². The lowest BCUT2D eigenvalue weighted by Crippen LogP contribution is -2.23. The molecule has 0 bridgehead atoms. The molecule has 0 saturated heterocycles. The van der Waals surface area contributed by atoms with Crippen molar-refractivity contribution in [3.05, 3.63) is 69.2 Å². The molecule has 1 atom stereocenters. The molecule has 100 valence electrons. The molecular formula is C16H17BrClN. The van der Waals surface area contributed by atoms with Crippen LogP contribution < -0.4 is 5.32 Å². The number of rotatable bonds is 5. The Morgan fingerprint density at radius 1 is 1.00 bits per heavy atom. The number of nitrogens with one attached hydrogen (secondary N) is 1. The van der Waals surface area contributed by atoms with Gasteiger partial charge in [-0.2, -0.15) is 0 Å². The summed E-state index contributed by atoms with van der Waals surface area (Å²) in [7, 11) is 0. The van der Waals surface area contributed by atoms with Crippen molar-refractivity contribution in [1.82, 2.24) is 5.32 Å². The molecule has 2 aromatic carbocycles. The molecule has 0 aliphatic rings. The summed E-state index contributed by atoms with van der Waals surface area (Å²) in [5, 5.41) is 4.35. The lowest BCUT2D eigenvalue weighted by atomic mass is 9.98. The highest BCUT2D eigenvalue weighted by molar-refractivity contribution is 9.10. The first-order valence-corrected chi connectivity index (χ1v) is 7.62. The zero-order valence-electron chi connectivity index (χ0n) is 10.9. The largest absolute Gasteiger partial charge is 0.306 e. The lowest BCUT2D eigenvalue weighted by molar-refractivity contribution is 0.598. The van der Waals surface area contributed by atoms with E-state index in [0.717, 1.165) is 22.5 Å². The number of benzene rings is 2. The van der Waals surface area contributed by atoms with Crippen LogP contribution in [-0.2, 0) is 0 Å². The maximum Gasteiger partial charge on any atom is 0.0576 e. The maximum atomic E-state index is 5.96. The predicted octanol–water partition coefficient (Wildman–Crippen LogP) is 5.19. The summed E-state index contributed by atoms with van der Waals surface area (Å²) in [6, 6.07) is 16.7. The Kier molecular flexibility index (Phi) is 5.44. The van der Waals surface area contributed by atoms with Crippen LogP contribution >= 0.6 is 27.5 Å². The fraction of sp³-hybridized carbons (Fsp3) is 0.250. The van der Waals surface area contributed by atoms with Crippen LogP contribution in [0.15, 0.2) is 53.0 Å². The van der Waals surface area contributed by atoms with Crippen molar-refractivity contribution in [2.45, 2.75) is 19.4 Å². The Labute approximate surface area is 128 Å². The van der Waals surface area contributed by atoms with Crippen molar-refractivity contribution < 1.29 is 0 Å². The van der Waals surface area contributed by atoms with Gasteiger partial charge in [0, 0.05) is 9.50 Å². The van der Waals surface area contributed by atoms with E-state index in [1.54, 1.807) is 0 Å². The van der Waals surface area contributed by atoms with Crippen LogP contribution in [0.1, 0.15) is 30.5 Å². The second-order valence-corrected chi connectivity index (χ2v) is 5.84. The molecule has 0 heterocycles. The van der Waals surface area contributed by atoms with Gasteiger partial charge in [-0.3, -0.25) is 0 Å². The molecule has 2 rings (SSSR count). The van der Waals surface area contributed by atoms with E-state index in [2.05, 4.69) is 64.6 Å². The standard InChI is InChI=1S/C16H17BrClN/c1-2-11-19-16(12-3-7-14(17)8-4-12)13-5-9-15(18)10-6-13/h3-10,16,19H,2,11H2,1H3. The highest BCUT2D eigenvalue weighted by Gasteiger charge is 2.12. The summed E-state index contributed by atoms with van der Waals surface area (Å²) in [6.07, 6.45) is 1.11. The molecule has 0 amide bonds.